The predicted octanol–water partition coefficient (Wildman–Crippen LogP) is 3.29. The molecule has 1 rings (SSSR count). The highest BCUT2D eigenvalue weighted by molar-refractivity contribution is 5.97. The SMILES string of the molecule is Cc1cc(C(=O)NC(CCOC(C)(C)C)C(=O)O)cc(C)c1OC(F)F. The van der Waals surface area contributed by atoms with Crippen molar-refractivity contribution in [3.8, 4) is 5.75 Å². The molecule has 0 saturated carbocycles. The summed E-state index contributed by atoms with van der Waals surface area (Å²) in [5.74, 6) is -1.78. The summed E-state index contributed by atoms with van der Waals surface area (Å²) in [6.07, 6.45) is 0.100. The summed E-state index contributed by atoms with van der Waals surface area (Å²) < 4.78 is 34.8. The minimum Gasteiger partial charge on any atom is -0.480 e. The number of carbonyl (C=O) groups is 2. The van der Waals surface area contributed by atoms with E-state index >= 15 is 0 Å². The van der Waals surface area contributed by atoms with E-state index in [0.717, 1.165) is 0 Å². The lowest BCUT2D eigenvalue weighted by molar-refractivity contribution is -0.140. The van der Waals surface area contributed by atoms with E-state index in [4.69, 9.17) is 4.74 Å². The standard InChI is InChI=1S/C18H25F2NO5/c1-10-8-12(9-11(2)14(10)26-17(19)20)15(22)21-13(16(23)24)6-7-25-18(3,4)5/h8-9,13,17H,6-7H2,1-5H3,(H,21,22)(H,23,24). The molecule has 1 aromatic carbocycles. The highest BCUT2D eigenvalue weighted by atomic mass is 19.3. The summed E-state index contributed by atoms with van der Waals surface area (Å²) >= 11 is 0. The molecule has 0 aliphatic carbocycles. The van der Waals surface area contributed by atoms with Crippen molar-refractivity contribution >= 4 is 11.9 Å². The Morgan fingerprint density at radius 3 is 2.15 bits per heavy atom. The fourth-order valence-electron chi connectivity index (χ4n) is 2.34. The van der Waals surface area contributed by atoms with Crippen LogP contribution < -0.4 is 10.1 Å². The number of rotatable bonds is 8. The summed E-state index contributed by atoms with van der Waals surface area (Å²) in [7, 11) is 0. The highest BCUT2D eigenvalue weighted by Gasteiger charge is 2.23. The molecule has 8 heteroatoms. The van der Waals surface area contributed by atoms with Crippen LogP contribution in [0.3, 0.4) is 0 Å². The molecule has 2 N–H and O–H groups in total. The minimum absolute atomic E-state index is 0.00455. The summed E-state index contributed by atoms with van der Waals surface area (Å²) in [6.45, 7) is 5.80. The molecule has 1 aromatic rings. The van der Waals surface area contributed by atoms with Gasteiger partial charge in [0, 0.05) is 18.6 Å². The van der Waals surface area contributed by atoms with E-state index in [0.29, 0.717) is 11.1 Å². The van der Waals surface area contributed by atoms with E-state index in [1.54, 1.807) is 0 Å². The van der Waals surface area contributed by atoms with Crippen LogP contribution in [0.2, 0.25) is 0 Å². The molecule has 0 bridgehead atoms. The Balaban J connectivity index is 2.85. The molecule has 6 nitrogen and oxygen atoms in total. The van der Waals surface area contributed by atoms with Crippen LogP contribution in [0.15, 0.2) is 12.1 Å². The molecule has 0 heterocycles. The van der Waals surface area contributed by atoms with E-state index in [2.05, 4.69) is 10.1 Å². The Bertz CT molecular complexity index is 632. The van der Waals surface area contributed by atoms with Crippen molar-refractivity contribution in [3.05, 3.63) is 28.8 Å². The van der Waals surface area contributed by atoms with Gasteiger partial charge in [-0.3, -0.25) is 4.79 Å². The second-order valence-electron chi connectivity index (χ2n) is 6.93. The van der Waals surface area contributed by atoms with Crippen molar-refractivity contribution < 1.29 is 33.0 Å². The molecular weight excluding hydrogens is 348 g/mol. The van der Waals surface area contributed by atoms with Gasteiger partial charge in [-0.1, -0.05) is 0 Å². The fourth-order valence-corrected chi connectivity index (χ4v) is 2.34. The molecule has 0 radical (unpaired) electrons. The number of amides is 1. The van der Waals surface area contributed by atoms with Crippen LogP contribution >= 0.6 is 0 Å². The second kappa shape index (κ2) is 8.93. The fraction of sp³-hybridized carbons (Fsp3) is 0.556. The average Bonchev–Trinajstić information content (AvgIpc) is 2.47. The second-order valence-corrected chi connectivity index (χ2v) is 6.93. The number of carboxylic acids is 1. The van der Waals surface area contributed by atoms with Gasteiger partial charge in [0.1, 0.15) is 11.8 Å². The van der Waals surface area contributed by atoms with E-state index < -0.39 is 30.1 Å². The maximum Gasteiger partial charge on any atom is 0.387 e. The first-order valence-electron chi connectivity index (χ1n) is 8.14. The van der Waals surface area contributed by atoms with Crippen LogP contribution in [0.1, 0.15) is 48.7 Å². The lowest BCUT2D eigenvalue weighted by atomic mass is 10.0. The van der Waals surface area contributed by atoms with Gasteiger partial charge in [-0.25, -0.2) is 4.79 Å². The maximum absolute atomic E-state index is 12.4. The molecule has 1 unspecified atom stereocenters. The molecular formula is C18H25F2NO5. The number of halogens is 2. The summed E-state index contributed by atoms with van der Waals surface area (Å²) in [5.41, 5.74) is 0.475. The monoisotopic (exact) mass is 373 g/mol. The molecule has 0 aliphatic rings. The number of hydrogen-bond donors (Lipinski definition) is 2. The van der Waals surface area contributed by atoms with Crippen LogP contribution in [0.25, 0.3) is 0 Å². The number of nitrogens with one attached hydrogen (secondary N) is 1. The Kier molecular flexibility index (Phi) is 7.50. The maximum atomic E-state index is 12.4. The summed E-state index contributed by atoms with van der Waals surface area (Å²) in [5, 5.41) is 11.7. The zero-order valence-electron chi connectivity index (χ0n) is 15.6. The third-order valence-electron chi connectivity index (χ3n) is 3.47. The van der Waals surface area contributed by atoms with Gasteiger partial charge in [-0.05, 0) is 57.9 Å². The van der Waals surface area contributed by atoms with Crippen LogP contribution in [-0.4, -0.2) is 41.8 Å². The zero-order valence-corrected chi connectivity index (χ0v) is 15.6. The number of carbonyl (C=O) groups excluding carboxylic acids is 1. The minimum atomic E-state index is -2.97. The Labute approximate surface area is 151 Å². The van der Waals surface area contributed by atoms with Crippen LogP contribution in [0.4, 0.5) is 8.78 Å². The summed E-state index contributed by atoms with van der Waals surface area (Å²) in [4.78, 5) is 23.7. The first-order valence-corrected chi connectivity index (χ1v) is 8.14. The van der Waals surface area contributed by atoms with Crippen molar-refractivity contribution in [1.29, 1.82) is 0 Å². The highest BCUT2D eigenvalue weighted by Crippen LogP contribution is 2.26. The number of aliphatic carboxylic acids is 1. The number of aryl methyl sites for hydroxylation is 2. The predicted molar refractivity (Wildman–Crippen MR) is 91.8 cm³/mol. The molecule has 146 valence electrons. The molecule has 0 fully saturated rings. The lowest BCUT2D eigenvalue weighted by Gasteiger charge is -2.21. The molecule has 1 amide bonds. The zero-order chi connectivity index (χ0) is 20.1. The third-order valence-corrected chi connectivity index (χ3v) is 3.47. The number of benzene rings is 1. The van der Waals surface area contributed by atoms with Gasteiger partial charge in [0.15, 0.2) is 0 Å². The quantitative estimate of drug-likeness (QED) is 0.730. The molecule has 0 aromatic heterocycles. The van der Waals surface area contributed by atoms with Gasteiger partial charge in [0.05, 0.1) is 5.60 Å². The Morgan fingerprint density at radius 1 is 1.19 bits per heavy atom. The van der Waals surface area contributed by atoms with Gasteiger partial charge in [0.25, 0.3) is 5.91 Å². The first kappa shape index (κ1) is 21.8. The van der Waals surface area contributed by atoms with Crippen molar-refractivity contribution in [3.63, 3.8) is 0 Å². The van der Waals surface area contributed by atoms with Crippen molar-refractivity contribution in [2.45, 2.75) is 59.3 Å². The van der Waals surface area contributed by atoms with Gasteiger partial charge >= 0.3 is 12.6 Å². The van der Waals surface area contributed by atoms with Crippen molar-refractivity contribution in [2.75, 3.05) is 6.61 Å². The van der Waals surface area contributed by atoms with E-state index in [9.17, 15) is 23.5 Å². The Morgan fingerprint density at radius 2 is 1.73 bits per heavy atom. The average molecular weight is 373 g/mol. The molecule has 1 atom stereocenters. The Hall–Kier alpha value is -2.22. The molecule has 0 spiro atoms. The number of carboxylic acid groups (broad SMARTS) is 1. The van der Waals surface area contributed by atoms with Gasteiger partial charge in [0.2, 0.25) is 0 Å². The number of alkyl halides is 2. The van der Waals surface area contributed by atoms with Crippen LogP contribution in [-0.2, 0) is 9.53 Å². The van der Waals surface area contributed by atoms with Crippen molar-refractivity contribution in [2.24, 2.45) is 0 Å². The molecule has 26 heavy (non-hydrogen) atoms. The topological polar surface area (TPSA) is 84.9 Å². The lowest BCUT2D eigenvalue weighted by Crippen LogP contribution is -2.42. The molecule has 0 saturated heterocycles. The third kappa shape index (κ3) is 6.95. The largest absolute Gasteiger partial charge is 0.480 e. The number of ether oxygens (including phenoxy) is 2. The molecule has 0 aliphatic heterocycles. The van der Waals surface area contributed by atoms with Crippen LogP contribution in [0.5, 0.6) is 5.75 Å². The van der Waals surface area contributed by atoms with E-state index in [-0.39, 0.29) is 24.3 Å². The van der Waals surface area contributed by atoms with Gasteiger partial charge in [-0.15, -0.1) is 0 Å². The van der Waals surface area contributed by atoms with Gasteiger partial charge < -0.3 is 19.9 Å². The van der Waals surface area contributed by atoms with E-state index in [1.165, 1.54) is 26.0 Å². The summed E-state index contributed by atoms with van der Waals surface area (Å²) in [6, 6.07) is 1.64. The van der Waals surface area contributed by atoms with Crippen molar-refractivity contribution in [1.82, 2.24) is 5.32 Å². The smallest absolute Gasteiger partial charge is 0.387 e. The normalized spacial score (nSPS) is 12.8. The van der Waals surface area contributed by atoms with Crippen LogP contribution in [0, 0.1) is 13.8 Å². The van der Waals surface area contributed by atoms with Gasteiger partial charge in [-0.2, -0.15) is 8.78 Å². The number of hydrogen-bond acceptors (Lipinski definition) is 4. The van der Waals surface area contributed by atoms with E-state index in [1.807, 2.05) is 20.8 Å². The first-order chi connectivity index (χ1) is 11.9.